The number of ether oxygens (including phenoxy) is 1. The Balaban J connectivity index is 1.63. The van der Waals surface area contributed by atoms with Gasteiger partial charge in [-0.05, 0) is 61.4 Å². The second kappa shape index (κ2) is 9.80. The summed E-state index contributed by atoms with van der Waals surface area (Å²) in [6, 6.07) is 20.3. The maximum atomic E-state index is 12.7. The van der Waals surface area contributed by atoms with Crippen molar-refractivity contribution in [2.24, 2.45) is 0 Å². The summed E-state index contributed by atoms with van der Waals surface area (Å²) < 4.78 is 8.63. The fourth-order valence-electron chi connectivity index (χ4n) is 3.14. The minimum atomic E-state index is -0.763. The van der Waals surface area contributed by atoms with Gasteiger partial charge in [-0.3, -0.25) is 4.79 Å². The topological polar surface area (TPSA) is 74.1 Å². The Hall–Kier alpha value is -3.10. The standard InChI is InChI=1S/C25H19Br2N3O3/c1-15-3-12-21(13-16(15)2)30-24(18-6-10-20(27)11-7-18)28-23(29-30)25(32)33-14-22(31)17-4-8-19(26)9-5-17/h3-13H,14H2,1-2H3. The highest BCUT2D eigenvalue weighted by molar-refractivity contribution is 9.10. The summed E-state index contributed by atoms with van der Waals surface area (Å²) in [5.41, 5.74) is 4.25. The van der Waals surface area contributed by atoms with Crippen LogP contribution in [0.25, 0.3) is 17.1 Å². The lowest BCUT2D eigenvalue weighted by Gasteiger charge is -2.08. The zero-order valence-corrected chi connectivity index (χ0v) is 21.1. The molecule has 4 rings (SSSR count). The van der Waals surface area contributed by atoms with Gasteiger partial charge in [-0.25, -0.2) is 14.5 Å². The van der Waals surface area contributed by atoms with E-state index in [9.17, 15) is 9.59 Å². The van der Waals surface area contributed by atoms with Crippen molar-refractivity contribution < 1.29 is 14.3 Å². The molecule has 6 nitrogen and oxygen atoms in total. The van der Waals surface area contributed by atoms with E-state index < -0.39 is 12.6 Å². The van der Waals surface area contributed by atoms with Gasteiger partial charge in [0.15, 0.2) is 18.2 Å². The lowest BCUT2D eigenvalue weighted by molar-refractivity contribution is 0.0462. The molecule has 3 aromatic carbocycles. The van der Waals surface area contributed by atoms with Crippen LogP contribution in [-0.4, -0.2) is 33.1 Å². The smallest absolute Gasteiger partial charge is 0.378 e. The van der Waals surface area contributed by atoms with Crippen LogP contribution in [0.4, 0.5) is 0 Å². The summed E-state index contributed by atoms with van der Waals surface area (Å²) in [6.07, 6.45) is 0. The van der Waals surface area contributed by atoms with Gasteiger partial charge in [0, 0.05) is 20.1 Å². The number of aromatic nitrogens is 3. The number of rotatable bonds is 6. The predicted octanol–water partition coefficient (Wildman–Crippen LogP) is 6.12. The molecule has 8 heteroatoms. The number of hydrogen-bond acceptors (Lipinski definition) is 5. The van der Waals surface area contributed by atoms with Crippen molar-refractivity contribution in [1.29, 1.82) is 0 Å². The van der Waals surface area contributed by atoms with Crippen molar-refractivity contribution >= 4 is 43.6 Å². The van der Waals surface area contributed by atoms with Gasteiger partial charge < -0.3 is 4.74 Å². The average Bonchev–Trinajstić information content (AvgIpc) is 3.25. The summed E-state index contributed by atoms with van der Waals surface area (Å²) in [6.45, 7) is 3.64. The third-order valence-electron chi connectivity index (χ3n) is 5.13. The molecule has 0 aliphatic rings. The number of benzene rings is 3. The number of carbonyl (C=O) groups excluding carboxylic acids is 2. The molecule has 1 heterocycles. The lowest BCUT2D eigenvalue weighted by Crippen LogP contribution is -2.15. The molecule has 0 aliphatic heterocycles. The molecule has 0 amide bonds. The monoisotopic (exact) mass is 567 g/mol. The largest absolute Gasteiger partial charge is 0.451 e. The molecule has 0 unspecified atom stereocenters. The van der Waals surface area contributed by atoms with E-state index in [0.717, 1.165) is 31.3 Å². The number of nitrogens with zero attached hydrogens (tertiary/aromatic N) is 3. The molecule has 0 saturated carbocycles. The SMILES string of the molecule is Cc1ccc(-n2nc(C(=O)OCC(=O)c3ccc(Br)cc3)nc2-c2ccc(Br)cc2)cc1C. The third kappa shape index (κ3) is 5.29. The fourth-order valence-corrected chi connectivity index (χ4v) is 3.67. The van der Waals surface area contributed by atoms with Gasteiger partial charge in [-0.15, -0.1) is 5.10 Å². The Labute approximate surface area is 207 Å². The van der Waals surface area contributed by atoms with Crippen molar-refractivity contribution in [2.75, 3.05) is 6.61 Å². The van der Waals surface area contributed by atoms with E-state index in [1.807, 2.05) is 56.3 Å². The van der Waals surface area contributed by atoms with Gasteiger partial charge in [-0.1, -0.05) is 62.2 Å². The molecule has 0 saturated heterocycles. The van der Waals surface area contributed by atoms with E-state index in [1.165, 1.54) is 0 Å². The Morgan fingerprint density at radius 2 is 1.52 bits per heavy atom. The van der Waals surface area contributed by atoms with E-state index in [0.29, 0.717) is 11.4 Å². The third-order valence-corrected chi connectivity index (χ3v) is 6.19. The second-order valence-electron chi connectivity index (χ2n) is 7.45. The van der Waals surface area contributed by atoms with Gasteiger partial charge in [0.25, 0.3) is 5.82 Å². The zero-order chi connectivity index (χ0) is 23.5. The normalized spacial score (nSPS) is 10.8. The predicted molar refractivity (Wildman–Crippen MR) is 133 cm³/mol. The van der Waals surface area contributed by atoms with Crippen molar-refractivity contribution in [3.63, 3.8) is 0 Å². The molecule has 0 N–H and O–H groups in total. The van der Waals surface area contributed by atoms with Crippen LogP contribution in [0.15, 0.2) is 75.7 Å². The van der Waals surface area contributed by atoms with Gasteiger partial charge in [0.05, 0.1) is 5.69 Å². The molecular formula is C25H19Br2N3O3. The zero-order valence-electron chi connectivity index (χ0n) is 17.9. The Morgan fingerprint density at radius 1 is 0.879 bits per heavy atom. The summed E-state index contributed by atoms with van der Waals surface area (Å²) in [4.78, 5) is 29.5. The van der Waals surface area contributed by atoms with Crippen molar-refractivity contribution in [2.45, 2.75) is 13.8 Å². The maximum Gasteiger partial charge on any atom is 0.378 e. The minimum Gasteiger partial charge on any atom is -0.451 e. The first-order valence-electron chi connectivity index (χ1n) is 10.1. The molecule has 0 spiro atoms. The number of esters is 1. The van der Waals surface area contributed by atoms with E-state index in [4.69, 9.17) is 4.74 Å². The fraction of sp³-hybridized carbons (Fsp3) is 0.120. The van der Waals surface area contributed by atoms with Crippen molar-refractivity contribution in [3.8, 4) is 17.1 Å². The van der Waals surface area contributed by atoms with Gasteiger partial charge >= 0.3 is 5.97 Å². The van der Waals surface area contributed by atoms with Crippen LogP contribution < -0.4 is 0 Å². The Kier molecular flexibility index (Phi) is 6.85. The number of halogens is 2. The van der Waals surface area contributed by atoms with Crippen molar-refractivity contribution in [3.05, 3.63) is 98.2 Å². The molecule has 0 fully saturated rings. The number of ketones is 1. The summed E-state index contributed by atoms with van der Waals surface area (Å²) >= 11 is 6.76. The van der Waals surface area contributed by atoms with Crippen molar-refractivity contribution in [1.82, 2.24) is 14.8 Å². The van der Waals surface area contributed by atoms with Crippen LogP contribution in [0.3, 0.4) is 0 Å². The minimum absolute atomic E-state index is 0.116. The van der Waals surface area contributed by atoms with Gasteiger partial charge in [0.1, 0.15) is 0 Å². The highest BCUT2D eigenvalue weighted by Crippen LogP contribution is 2.24. The van der Waals surface area contributed by atoms with Crippen LogP contribution in [0, 0.1) is 13.8 Å². The van der Waals surface area contributed by atoms with E-state index >= 15 is 0 Å². The lowest BCUT2D eigenvalue weighted by atomic mass is 10.1. The quantitative estimate of drug-likeness (QED) is 0.207. The second-order valence-corrected chi connectivity index (χ2v) is 9.28. The summed E-state index contributed by atoms with van der Waals surface area (Å²) in [5, 5.41) is 4.41. The van der Waals surface area contributed by atoms with Crippen LogP contribution in [-0.2, 0) is 4.74 Å². The van der Waals surface area contributed by atoms with Gasteiger partial charge in [0.2, 0.25) is 0 Å². The highest BCUT2D eigenvalue weighted by atomic mass is 79.9. The average molecular weight is 569 g/mol. The summed E-state index contributed by atoms with van der Waals surface area (Å²) in [5.74, 6) is -0.689. The van der Waals surface area contributed by atoms with Crippen LogP contribution in [0.1, 0.15) is 32.1 Å². The van der Waals surface area contributed by atoms with Crippen LogP contribution in [0.2, 0.25) is 0 Å². The van der Waals surface area contributed by atoms with Gasteiger partial charge in [-0.2, -0.15) is 0 Å². The first-order valence-corrected chi connectivity index (χ1v) is 11.7. The molecule has 0 aliphatic carbocycles. The maximum absolute atomic E-state index is 12.7. The Bertz CT molecular complexity index is 1330. The van der Waals surface area contributed by atoms with Crippen LogP contribution in [0.5, 0.6) is 0 Å². The first-order chi connectivity index (χ1) is 15.8. The molecular weight excluding hydrogens is 550 g/mol. The van der Waals surface area contributed by atoms with E-state index in [-0.39, 0.29) is 11.6 Å². The first kappa shape index (κ1) is 23.1. The van der Waals surface area contributed by atoms with Crippen LogP contribution >= 0.6 is 31.9 Å². The molecule has 0 bridgehead atoms. The summed E-state index contributed by atoms with van der Waals surface area (Å²) in [7, 11) is 0. The molecule has 4 aromatic rings. The van der Waals surface area contributed by atoms with E-state index in [2.05, 4.69) is 41.9 Å². The molecule has 0 radical (unpaired) electrons. The molecule has 33 heavy (non-hydrogen) atoms. The number of carbonyl (C=O) groups is 2. The molecule has 166 valence electrons. The number of Topliss-reactive ketones (excluding diaryl/α,β-unsaturated/α-hetero) is 1. The molecule has 1 aromatic heterocycles. The Morgan fingerprint density at radius 3 is 2.15 bits per heavy atom. The molecule has 0 atom stereocenters. The number of hydrogen-bond donors (Lipinski definition) is 0. The van der Waals surface area contributed by atoms with E-state index in [1.54, 1.807) is 28.9 Å². The number of aryl methyl sites for hydroxylation is 2. The highest BCUT2D eigenvalue weighted by Gasteiger charge is 2.21.